The third-order valence-electron chi connectivity index (χ3n) is 4.68. The zero-order valence-electron chi connectivity index (χ0n) is 18.0. The molecule has 10 nitrogen and oxygen atoms in total. The summed E-state index contributed by atoms with van der Waals surface area (Å²) < 4.78 is 8.78. The van der Waals surface area contributed by atoms with Crippen molar-refractivity contribution in [1.29, 1.82) is 0 Å². The molecule has 0 spiro atoms. The lowest BCUT2D eigenvalue weighted by atomic mass is 10.3. The van der Waals surface area contributed by atoms with Crippen molar-refractivity contribution >= 4 is 45.9 Å². The summed E-state index contributed by atoms with van der Waals surface area (Å²) in [6, 6.07) is 3.85. The molecule has 12 heteroatoms. The topological polar surface area (TPSA) is 112 Å². The van der Waals surface area contributed by atoms with Crippen LogP contribution < -0.4 is 10.6 Å². The number of carbonyl (C=O) groups is 1. The molecule has 4 aromatic heterocycles. The molecule has 4 rings (SSSR count). The number of anilines is 1. The monoisotopic (exact) mass is 472 g/mol. The van der Waals surface area contributed by atoms with Gasteiger partial charge in [-0.15, -0.1) is 0 Å². The van der Waals surface area contributed by atoms with Crippen LogP contribution in [0, 0.1) is 6.92 Å². The predicted octanol–water partition coefficient (Wildman–Crippen LogP) is 2.59. The molecule has 0 bridgehead atoms. The number of thioether (sulfide) groups is 1. The summed E-state index contributed by atoms with van der Waals surface area (Å²) in [4.78, 5) is 27.0. The highest BCUT2D eigenvalue weighted by atomic mass is 32.2. The number of nitrogens with zero attached hydrogens (tertiary/aromatic N) is 6. The van der Waals surface area contributed by atoms with Gasteiger partial charge >= 0.3 is 0 Å². The van der Waals surface area contributed by atoms with Crippen LogP contribution in [0.1, 0.15) is 15.4 Å². The van der Waals surface area contributed by atoms with Gasteiger partial charge in [0, 0.05) is 32.6 Å². The van der Waals surface area contributed by atoms with Crippen molar-refractivity contribution in [2.75, 3.05) is 38.4 Å². The summed E-state index contributed by atoms with van der Waals surface area (Å²) in [6.45, 7) is 3.95. The van der Waals surface area contributed by atoms with E-state index in [0.717, 1.165) is 22.0 Å². The number of hydrogen-bond donors (Lipinski definition) is 2. The smallest absolute Gasteiger partial charge is 0.263 e. The van der Waals surface area contributed by atoms with Crippen LogP contribution in [0.25, 0.3) is 16.2 Å². The number of aryl methyl sites for hydroxylation is 1. The quantitative estimate of drug-likeness (QED) is 0.206. The van der Waals surface area contributed by atoms with Crippen LogP contribution in [0.15, 0.2) is 35.9 Å². The Morgan fingerprint density at radius 2 is 2.03 bits per heavy atom. The summed E-state index contributed by atoms with van der Waals surface area (Å²) in [6.07, 6.45) is 7.49. The number of ether oxygens (including phenoxy) is 1. The first kappa shape index (κ1) is 22.2. The largest absolute Gasteiger partial charge is 0.383 e. The second kappa shape index (κ2) is 10.1. The van der Waals surface area contributed by atoms with Gasteiger partial charge in [0.1, 0.15) is 10.7 Å². The maximum atomic E-state index is 12.7. The van der Waals surface area contributed by atoms with Gasteiger partial charge in [0.05, 0.1) is 30.4 Å². The molecule has 0 saturated heterocycles. The third kappa shape index (κ3) is 4.76. The molecule has 4 aromatic rings. The van der Waals surface area contributed by atoms with Crippen molar-refractivity contribution in [1.82, 2.24) is 34.6 Å². The highest BCUT2D eigenvalue weighted by Crippen LogP contribution is 2.24. The Balaban J connectivity index is 1.44. The number of methoxy groups -OCH3 is 1. The average Bonchev–Trinajstić information content (AvgIpc) is 3.54. The molecule has 0 aliphatic rings. The van der Waals surface area contributed by atoms with E-state index in [4.69, 9.17) is 4.74 Å². The van der Waals surface area contributed by atoms with E-state index >= 15 is 0 Å². The second-order valence-electron chi connectivity index (χ2n) is 6.84. The molecule has 0 atom stereocenters. The standard InChI is InChI=1S/C20H24N8O2S2/c1-13-15(32-20(24-13)27-8-4-5-9-27)18(29)22-6-10-28-17-14(12-23-28)16(21-7-11-30-2)25-19(26-17)31-3/h4-5,8-9,12H,6-7,10-11H2,1-3H3,(H,22,29)(H,21,25,26). The molecule has 168 valence electrons. The number of carbonyl (C=O) groups excluding carboxylic acids is 1. The molecule has 0 saturated carbocycles. The summed E-state index contributed by atoms with van der Waals surface area (Å²) in [5, 5.41) is 12.9. The molecule has 0 aliphatic carbocycles. The number of rotatable bonds is 10. The molecule has 4 heterocycles. The Bertz CT molecular complexity index is 1200. The van der Waals surface area contributed by atoms with Crippen LogP contribution in [0.4, 0.5) is 5.82 Å². The minimum Gasteiger partial charge on any atom is -0.383 e. The minimum absolute atomic E-state index is 0.142. The molecule has 0 aliphatic heterocycles. The van der Waals surface area contributed by atoms with E-state index in [0.29, 0.717) is 42.0 Å². The van der Waals surface area contributed by atoms with Gasteiger partial charge in [-0.2, -0.15) is 5.10 Å². The lowest BCUT2D eigenvalue weighted by Crippen LogP contribution is -2.27. The van der Waals surface area contributed by atoms with Crippen molar-refractivity contribution in [2.45, 2.75) is 18.6 Å². The maximum absolute atomic E-state index is 12.7. The third-order valence-corrected chi connectivity index (χ3v) is 6.40. The first-order valence-electron chi connectivity index (χ1n) is 10.00. The molecule has 0 radical (unpaired) electrons. The fourth-order valence-corrected chi connectivity index (χ4v) is 4.43. The van der Waals surface area contributed by atoms with Crippen LogP contribution in [0.2, 0.25) is 0 Å². The molecule has 0 fully saturated rings. The van der Waals surface area contributed by atoms with Crippen LogP contribution in [0.3, 0.4) is 0 Å². The van der Waals surface area contributed by atoms with Crippen LogP contribution in [0.5, 0.6) is 0 Å². The van der Waals surface area contributed by atoms with Gasteiger partial charge in [-0.1, -0.05) is 23.1 Å². The van der Waals surface area contributed by atoms with E-state index in [-0.39, 0.29) is 5.91 Å². The van der Waals surface area contributed by atoms with E-state index in [1.54, 1.807) is 18.0 Å². The second-order valence-corrected chi connectivity index (χ2v) is 8.59. The highest BCUT2D eigenvalue weighted by Gasteiger charge is 2.17. The molecule has 2 N–H and O–H groups in total. The fourth-order valence-electron chi connectivity index (χ4n) is 3.12. The summed E-state index contributed by atoms with van der Waals surface area (Å²) in [7, 11) is 1.66. The van der Waals surface area contributed by atoms with Crippen LogP contribution >= 0.6 is 23.1 Å². The van der Waals surface area contributed by atoms with Gasteiger partial charge in [-0.25, -0.2) is 19.6 Å². The van der Waals surface area contributed by atoms with Crippen LogP contribution in [-0.2, 0) is 11.3 Å². The zero-order valence-corrected chi connectivity index (χ0v) is 19.7. The predicted molar refractivity (Wildman–Crippen MR) is 126 cm³/mol. The van der Waals surface area contributed by atoms with Gasteiger partial charge in [0.15, 0.2) is 15.9 Å². The molecule has 32 heavy (non-hydrogen) atoms. The fraction of sp³-hybridized carbons (Fsp3) is 0.350. The summed E-state index contributed by atoms with van der Waals surface area (Å²) in [5.41, 5.74) is 1.44. The number of amides is 1. The Labute approximate surface area is 193 Å². The van der Waals surface area contributed by atoms with Crippen molar-refractivity contribution in [3.05, 3.63) is 41.3 Å². The Hall–Kier alpha value is -2.96. The normalized spacial score (nSPS) is 11.2. The molecular weight excluding hydrogens is 448 g/mol. The van der Waals surface area contributed by atoms with Crippen molar-refractivity contribution < 1.29 is 9.53 Å². The molecule has 0 unspecified atom stereocenters. The SMILES string of the molecule is COCCNc1nc(SC)nc2c1cnn2CCNC(=O)c1sc(-n2cccc2)nc1C. The maximum Gasteiger partial charge on any atom is 0.263 e. The molecular formula is C20H24N8O2S2. The number of thiazole rings is 1. The van der Waals surface area contributed by atoms with Crippen LogP contribution in [-0.4, -0.2) is 68.3 Å². The average molecular weight is 473 g/mol. The van der Waals surface area contributed by atoms with Gasteiger partial charge in [0.25, 0.3) is 5.91 Å². The van der Waals surface area contributed by atoms with Crippen molar-refractivity contribution in [3.8, 4) is 5.13 Å². The number of nitrogens with one attached hydrogen (secondary N) is 2. The summed E-state index contributed by atoms with van der Waals surface area (Å²) >= 11 is 2.83. The van der Waals surface area contributed by atoms with E-state index in [9.17, 15) is 4.79 Å². The minimum atomic E-state index is -0.142. The first-order valence-corrected chi connectivity index (χ1v) is 12.0. The summed E-state index contributed by atoms with van der Waals surface area (Å²) in [5.74, 6) is 0.584. The molecule has 1 amide bonds. The number of fused-ring (bicyclic) bond motifs is 1. The molecule has 0 aromatic carbocycles. The Morgan fingerprint density at radius 1 is 1.22 bits per heavy atom. The van der Waals surface area contributed by atoms with E-state index < -0.39 is 0 Å². The van der Waals surface area contributed by atoms with Crippen molar-refractivity contribution in [3.63, 3.8) is 0 Å². The van der Waals surface area contributed by atoms with E-state index in [1.807, 2.05) is 42.3 Å². The Kier molecular flexibility index (Phi) is 7.02. The first-order chi connectivity index (χ1) is 15.6. The van der Waals surface area contributed by atoms with Gasteiger partial charge in [-0.3, -0.25) is 4.79 Å². The number of aromatic nitrogens is 6. The van der Waals surface area contributed by atoms with Gasteiger partial charge < -0.3 is 19.9 Å². The lowest BCUT2D eigenvalue weighted by molar-refractivity contribution is 0.0955. The highest BCUT2D eigenvalue weighted by molar-refractivity contribution is 7.98. The van der Waals surface area contributed by atoms with Crippen molar-refractivity contribution in [2.24, 2.45) is 0 Å². The van der Waals surface area contributed by atoms with Gasteiger partial charge in [0.2, 0.25) is 0 Å². The zero-order chi connectivity index (χ0) is 22.5. The lowest BCUT2D eigenvalue weighted by Gasteiger charge is -2.09. The van der Waals surface area contributed by atoms with E-state index in [1.165, 1.54) is 23.1 Å². The van der Waals surface area contributed by atoms with E-state index in [2.05, 4.69) is 30.7 Å². The van der Waals surface area contributed by atoms with Gasteiger partial charge in [-0.05, 0) is 25.3 Å². The number of hydrogen-bond acceptors (Lipinski definition) is 9. The Morgan fingerprint density at radius 3 is 2.78 bits per heavy atom.